The number of ether oxygens (including phenoxy) is 5. The van der Waals surface area contributed by atoms with E-state index in [0.29, 0.717) is 18.0 Å². The van der Waals surface area contributed by atoms with Gasteiger partial charge in [-0.05, 0) is 26.0 Å². The maximum atomic E-state index is 13.2. The van der Waals surface area contributed by atoms with E-state index >= 15 is 0 Å². The number of aromatic nitrogens is 2. The van der Waals surface area contributed by atoms with Gasteiger partial charge in [0, 0.05) is 0 Å². The molecule has 0 fully saturated rings. The summed E-state index contributed by atoms with van der Waals surface area (Å²) >= 11 is 0. The molecule has 3 rings (SSSR count). The number of carbonyl (C=O) groups is 1. The Kier molecular flexibility index (Phi) is 6.58. The van der Waals surface area contributed by atoms with Gasteiger partial charge >= 0.3 is 12.0 Å². The quantitative estimate of drug-likeness (QED) is 0.500. The number of fused-ring (bicyclic) bond motifs is 1. The van der Waals surface area contributed by atoms with Crippen molar-refractivity contribution in [2.24, 2.45) is 0 Å². The molecule has 0 amide bonds. The molecular formula is C21H29N3O6Si. The molecule has 0 bridgehead atoms. The molecule has 0 spiro atoms. The average molecular weight is 448 g/mol. The fraction of sp³-hybridized carbons (Fsp3) is 0.476. The summed E-state index contributed by atoms with van der Waals surface area (Å²) in [4.78, 5) is 21.6. The van der Waals surface area contributed by atoms with Crippen molar-refractivity contribution >= 4 is 19.7 Å². The first-order valence-electron chi connectivity index (χ1n) is 10.0. The number of methoxy groups -OCH3 is 2. The molecule has 31 heavy (non-hydrogen) atoms. The molecule has 0 saturated heterocycles. The van der Waals surface area contributed by atoms with E-state index in [4.69, 9.17) is 23.7 Å². The number of benzene rings is 1. The van der Waals surface area contributed by atoms with Crippen LogP contribution in [0.2, 0.25) is 19.6 Å². The van der Waals surface area contributed by atoms with E-state index in [1.54, 1.807) is 12.1 Å². The van der Waals surface area contributed by atoms with Gasteiger partial charge in [0.1, 0.15) is 17.9 Å². The average Bonchev–Trinajstić information content (AvgIpc) is 2.72. The fourth-order valence-corrected chi connectivity index (χ4v) is 3.22. The van der Waals surface area contributed by atoms with Gasteiger partial charge in [0.15, 0.2) is 5.75 Å². The lowest BCUT2D eigenvalue weighted by Crippen LogP contribution is -2.39. The van der Waals surface area contributed by atoms with Gasteiger partial charge in [0.05, 0.1) is 45.8 Å². The minimum atomic E-state index is -1.72. The topological polar surface area (TPSA) is 101 Å². The Morgan fingerprint density at radius 3 is 2.42 bits per heavy atom. The Morgan fingerprint density at radius 2 is 1.84 bits per heavy atom. The molecule has 1 aliphatic heterocycles. The normalized spacial score (nSPS) is 16.3. The first-order valence-corrected chi connectivity index (χ1v) is 13.6. The lowest BCUT2D eigenvalue weighted by Gasteiger charge is -2.29. The number of carbonyl (C=O) groups excluding carboxylic acids is 1. The largest absolute Gasteiger partial charge is 0.488 e. The zero-order chi connectivity index (χ0) is 22.8. The summed E-state index contributed by atoms with van der Waals surface area (Å²) in [6.07, 6.45) is 0. The lowest BCUT2D eigenvalue weighted by molar-refractivity contribution is 0.0447. The summed E-state index contributed by atoms with van der Waals surface area (Å²) in [6, 6.07) is 5.06. The highest BCUT2D eigenvalue weighted by molar-refractivity contribution is 6.77. The van der Waals surface area contributed by atoms with E-state index in [1.165, 1.54) is 20.3 Å². The fourth-order valence-electron chi connectivity index (χ4n) is 2.76. The number of rotatable bonds is 7. The smallest absolute Gasteiger partial charge is 0.345 e. The molecule has 1 aromatic carbocycles. The Morgan fingerprint density at radius 1 is 1.19 bits per heavy atom. The van der Waals surface area contributed by atoms with Gasteiger partial charge in [-0.2, -0.15) is 9.97 Å². The second kappa shape index (κ2) is 9.01. The lowest BCUT2D eigenvalue weighted by atomic mass is 10.1. The van der Waals surface area contributed by atoms with Crippen LogP contribution in [0.3, 0.4) is 0 Å². The van der Waals surface area contributed by atoms with Gasteiger partial charge in [-0.25, -0.2) is 4.79 Å². The first kappa shape index (κ1) is 22.7. The minimum absolute atomic E-state index is 0.0272. The number of anilines is 1. The summed E-state index contributed by atoms with van der Waals surface area (Å²) in [6.45, 7) is 10.7. The van der Waals surface area contributed by atoms with Crippen LogP contribution in [0, 0.1) is 0 Å². The van der Waals surface area contributed by atoms with Crippen molar-refractivity contribution in [2.45, 2.75) is 45.3 Å². The summed E-state index contributed by atoms with van der Waals surface area (Å²) in [7, 11) is 1.24. The molecule has 1 aliphatic rings. The Labute approximate surface area is 183 Å². The molecular weight excluding hydrogens is 418 g/mol. The van der Waals surface area contributed by atoms with Crippen molar-refractivity contribution in [1.82, 2.24) is 9.97 Å². The van der Waals surface area contributed by atoms with Crippen molar-refractivity contribution in [3.63, 3.8) is 0 Å². The van der Waals surface area contributed by atoms with Crippen LogP contribution < -0.4 is 24.3 Å². The molecule has 0 radical (unpaired) electrons. The maximum absolute atomic E-state index is 13.2. The van der Waals surface area contributed by atoms with Crippen LogP contribution in [0.5, 0.6) is 29.3 Å². The van der Waals surface area contributed by atoms with Gasteiger partial charge < -0.3 is 29.0 Å². The van der Waals surface area contributed by atoms with E-state index in [9.17, 15) is 4.79 Å². The third-order valence-corrected chi connectivity index (χ3v) is 7.54. The van der Waals surface area contributed by atoms with Crippen LogP contribution in [0.25, 0.3) is 0 Å². The van der Waals surface area contributed by atoms with Crippen molar-refractivity contribution in [3.05, 3.63) is 23.8 Å². The third kappa shape index (κ3) is 5.19. The van der Waals surface area contributed by atoms with Crippen LogP contribution in [0.1, 0.15) is 24.2 Å². The minimum Gasteiger partial charge on any atom is -0.488 e. The summed E-state index contributed by atoms with van der Waals surface area (Å²) in [5.74, 6) is 0.621. The predicted octanol–water partition coefficient (Wildman–Crippen LogP) is 3.90. The van der Waals surface area contributed by atoms with Crippen LogP contribution in [-0.4, -0.2) is 56.6 Å². The number of hydrogen-bond acceptors (Lipinski definition) is 9. The van der Waals surface area contributed by atoms with Crippen LogP contribution >= 0.6 is 0 Å². The zero-order valence-electron chi connectivity index (χ0n) is 18.9. The standard InChI is InChI=1S/C21H29N3O6Si/c1-12-11-28-19-14(22-12)8-9-15(18(19)20(25)29-13(2)31(5,6)7)30-21-23-16(26-3)10-17(24-21)27-4/h8-10,12-13,22H,11H2,1-7H3. The van der Waals surface area contributed by atoms with Gasteiger partial charge in [-0.3, -0.25) is 0 Å². The summed E-state index contributed by atoms with van der Waals surface area (Å²) in [5.41, 5.74) is 0.683. The van der Waals surface area contributed by atoms with E-state index in [-0.39, 0.29) is 40.9 Å². The number of nitrogens with zero attached hydrogens (tertiary/aromatic N) is 2. The van der Waals surface area contributed by atoms with Gasteiger partial charge in [0.2, 0.25) is 11.8 Å². The molecule has 2 atom stereocenters. The van der Waals surface area contributed by atoms with E-state index in [0.717, 1.165) is 0 Å². The summed E-state index contributed by atoms with van der Waals surface area (Å²) < 4.78 is 27.9. The molecule has 0 aliphatic carbocycles. The van der Waals surface area contributed by atoms with Crippen molar-refractivity contribution < 1.29 is 28.5 Å². The molecule has 2 aromatic rings. The van der Waals surface area contributed by atoms with Crippen LogP contribution in [0.15, 0.2) is 18.2 Å². The number of nitrogens with one attached hydrogen (secondary N) is 1. The molecule has 10 heteroatoms. The first-order chi connectivity index (χ1) is 14.6. The molecule has 1 N–H and O–H groups in total. The molecule has 9 nitrogen and oxygen atoms in total. The van der Waals surface area contributed by atoms with E-state index < -0.39 is 14.0 Å². The Bertz CT molecular complexity index is 941. The molecule has 0 saturated carbocycles. The van der Waals surface area contributed by atoms with Crippen molar-refractivity contribution in [3.8, 4) is 29.3 Å². The van der Waals surface area contributed by atoms with Gasteiger partial charge in [-0.1, -0.05) is 19.6 Å². The molecule has 168 valence electrons. The van der Waals surface area contributed by atoms with E-state index in [2.05, 4.69) is 34.9 Å². The molecule has 1 aromatic heterocycles. The van der Waals surface area contributed by atoms with E-state index in [1.807, 2.05) is 13.8 Å². The van der Waals surface area contributed by atoms with Crippen molar-refractivity contribution in [2.75, 3.05) is 26.1 Å². The second-order valence-electron chi connectivity index (χ2n) is 8.42. The van der Waals surface area contributed by atoms with Crippen molar-refractivity contribution in [1.29, 1.82) is 0 Å². The molecule has 2 heterocycles. The zero-order valence-corrected chi connectivity index (χ0v) is 19.9. The number of hydrogen-bond donors (Lipinski definition) is 1. The second-order valence-corrected chi connectivity index (χ2v) is 14.0. The highest BCUT2D eigenvalue weighted by Crippen LogP contribution is 2.41. The predicted molar refractivity (Wildman–Crippen MR) is 118 cm³/mol. The summed E-state index contributed by atoms with van der Waals surface area (Å²) in [5, 5.41) is 3.32. The van der Waals surface area contributed by atoms with Crippen LogP contribution in [-0.2, 0) is 4.74 Å². The van der Waals surface area contributed by atoms with Gasteiger partial charge in [0.25, 0.3) is 0 Å². The monoisotopic (exact) mass is 447 g/mol. The highest BCUT2D eigenvalue weighted by atomic mass is 28.3. The number of esters is 1. The Hall–Kier alpha value is -3.01. The third-order valence-electron chi connectivity index (χ3n) is 4.98. The molecule has 2 unspecified atom stereocenters. The SMILES string of the molecule is COc1cc(OC)nc(Oc2ccc3c(c2C(=O)OC(C)[Si](C)(C)C)OCC(C)N3)n1. The highest BCUT2D eigenvalue weighted by Gasteiger charge is 2.32. The Balaban J connectivity index is 2.03. The van der Waals surface area contributed by atoms with Gasteiger partial charge in [-0.15, -0.1) is 0 Å². The van der Waals surface area contributed by atoms with Crippen LogP contribution in [0.4, 0.5) is 5.69 Å². The maximum Gasteiger partial charge on any atom is 0.345 e.